The lowest BCUT2D eigenvalue weighted by Gasteiger charge is -2.14. The van der Waals surface area contributed by atoms with Crippen LogP contribution in [0.25, 0.3) is 92.4 Å². The van der Waals surface area contributed by atoms with Crippen LogP contribution in [0.3, 0.4) is 0 Å². The van der Waals surface area contributed by atoms with Crippen molar-refractivity contribution in [1.29, 1.82) is 0 Å². The van der Waals surface area contributed by atoms with Gasteiger partial charge in [0.15, 0.2) is 0 Å². The Morgan fingerprint density at radius 2 is 0.857 bits per heavy atom. The molecule has 105 heavy (non-hydrogen) atoms. The fourth-order valence-corrected chi connectivity index (χ4v) is 18.7. The third kappa shape index (κ3) is 14.7. The third-order valence-corrected chi connectivity index (χ3v) is 23.4. The predicted molar refractivity (Wildman–Crippen MR) is 426 cm³/mol. The molecule has 8 aromatic heterocycles. The highest BCUT2D eigenvalue weighted by Crippen LogP contribution is 2.51. The van der Waals surface area contributed by atoms with Gasteiger partial charge in [0.25, 0.3) is 11.8 Å². The molecule has 0 bridgehead atoms. The van der Waals surface area contributed by atoms with E-state index in [1.807, 2.05) is 39.2 Å². The molecule has 0 radical (unpaired) electrons. The van der Waals surface area contributed by atoms with Crippen molar-refractivity contribution in [3.8, 4) is 68.0 Å². The number of nitrogens with zero attached hydrogens (tertiary/aromatic N) is 9. The maximum atomic E-state index is 12.8. The lowest BCUT2D eigenvalue weighted by atomic mass is 10.00. The largest absolute Gasteiger partial charge is 0.491 e. The van der Waals surface area contributed by atoms with Crippen LogP contribution < -0.4 is 57.8 Å². The summed E-state index contributed by atoms with van der Waals surface area (Å²) < 4.78 is 22.6. The summed E-state index contributed by atoms with van der Waals surface area (Å²) in [5, 5.41) is 15.2. The molecule has 1 fully saturated rings. The first-order valence-electron chi connectivity index (χ1n) is 33.1. The molecular formula is C71H63Cl8N17O6S3. The first-order valence-corrected chi connectivity index (χ1v) is 38.6. The average molecular weight is 1630 g/mol. The molecule has 23 nitrogen and oxygen atoms in total. The minimum absolute atomic E-state index is 0.123. The molecule has 542 valence electrons. The number of thiophene rings is 3. The summed E-state index contributed by atoms with van der Waals surface area (Å²) in [6.45, 7) is 14.5. The highest BCUT2D eigenvalue weighted by Gasteiger charge is 2.32. The van der Waals surface area contributed by atoms with E-state index in [0.29, 0.717) is 158 Å². The number of rotatable bonds is 13. The number of likely N-dealkylation sites (tertiary alicyclic amines) is 1. The summed E-state index contributed by atoms with van der Waals surface area (Å²) in [6.07, 6.45) is 8.00. The molecule has 4 aromatic carbocycles. The predicted octanol–water partition coefficient (Wildman–Crippen LogP) is 16.5. The number of aromatic amines is 1. The van der Waals surface area contributed by atoms with Gasteiger partial charge in [0.05, 0.1) is 109 Å². The molecule has 12 aromatic rings. The monoisotopic (exact) mass is 1630 g/mol. The summed E-state index contributed by atoms with van der Waals surface area (Å²) in [6, 6.07) is 12.3. The topological polar surface area (TPSA) is 333 Å². The molecule has 0 atom stereocenters. The molecule has 12 N–H and O–H groups in total. The van der Waals surface area contributed by atoms with Gasteiger partial charge in [0.2, 0.25) is 23.8 Å². The standard InChI is InChI=1S/C21H21Cl2N5O2S.C18H16Cl2N4O2S.C17H14Cl2N4OS.C15H12Cl2N4O/c22-13-10-14(23)18-11(3-8-30-18)16(13)17-12-9-15(31-20(12)27-21(24)26-17)19(29)25-4-7-28-5-1-2-6-28;1-2-4-22-16(25)12-6-9-14(23-18(21)24-17(9)27-12)13-8-3-5-26-15(8)11(20)7-10(13)19;1-7(21-2)12-5-9-14(22-17(20)23-16(9)25-12)13-8-3-4-24-15(8)11(19)6-10(13)18;1-6-5-19-13-11(6)20-15(18)21-12(13)10-7-2-3-22-14(7)9(17)4-8(10)16/h9-10H,1-8H2,(H,25,29)(H2,24,26,27);6-7H,2-5H2,1H3,(H,22,25)(H2,21,23,24);5-6,21H,1,3-4H2,2H3,(H2,20,22,23);4-5,19H,2-3H2,1H3,(H2,18,20,21). The number of nitrogen functional groups attached to an aromatic ring is 4. The number of nitrogens with two attached hydrogens (primary N) is 4. The Kier molecular flexibility index (Phi) is 21.7. The number of carbonyl (C=O) groups is 2. The third-order valence-electron chi connectivity index (χ3n) is 17.9. The van der Waals surface area contributed by atoms with E-state index in [-0.39, 0.29) is 35.6 Å². The molecular weight excluding hydrogens is 1570 g/mol. The lowest BCUT2D eigenvalue weighted by molar-refractivity contribution is 0.0947. The van der Waals surface area contributed by atoms with E-state index in [1.54, 1.807) is 30.3 Å². The van der Waals surface area contributed by atoms with Crippen molar-refractivity contribution in [1.82, 2.24) is 65.7 Å². The Morgan fingerprint density at radius 1 is 0.505 bits per heavy atom. The molecule has 1 saturated heterocycles. The van der Waals surface area contributed by atoms with Crippen molar-refractivity contribution in [2.24, 2.45) is 0 Å². The van der Waals surface area contributed by atoms with E-state index < -0.39 is 0 Å². The molecule has 0 unspecified atom stereocenters. The molecule has 0 aliphatic carbocycles. The van der Waals surface area contributed by atoms with Gasteiger partial charge in [0, 0.05) is 125 Å². The van der Waals surface area contributed by atoms with Gasteiger partial charge < -0.3 is 67.7 Å². The first kappa shape index (κ1) is 73.7. The number of nitrogens with one attached hydrogen (secondary N) is 4. The number of aryl methyl sites for hydroxylation is 1. The maximum absolute atomic E-state index is 12.8. The van der Waals surface area contributed by atoms with Gasteiger partial charge in [-0.2, -0.15) is 0 Å². The second-order valence-electron chi connectivity index (χ2n) is 24.7. The van der Waals surface area contributed by atoms with Crippen molar-refractivity contribution in [2.45, 2.75) is 58.8 Å². The molecule has 34 heteroatoms. The van der Waals surface area contributed by atoms with E-state index in [4.69, 9.17) is 135 Å². The second kappa shape index (κ2) is 30.9. The van der Waals surface area contributed by atoms with Crippen LogP contribution in [0.5, 0.6) is 23.0 Å². The van der Waals surface area contributed by atoms with Crippen LogP contribution in [0.1, 0.15) is 78.2 Å². The van der Waals surface area contributed by atoms with Crippen LogP contribution in [0.15, 0.2) is 55.2 Å². The Bertz CT molecular complexity index is 5530. The maximum Gasteiger partial charge on any atom is 0.261 e. The van der Waals surface area contributed by atoms with Crippen molar-refractivity contribution in [3.05, 3.63) is 138 Å². The highest BCUT2D eigenvalue weighted by atomic mass is 35.5. The van der Waals surface area contributed by atoms with Crippen molar-refractivity contribution < 1.29 is 28.5 Å². The smallest absolute Gasteiger partial charge is 0.261 e. The van der Waals surface area contributed by atoms with Crippen LogP contribution >= 0.6 is 127 Å². The number of aromatic nitrogens is 9. The summed E-state index contributed by atoms with van der Waals surface area (Å²) >= 11 is 55.2. The SMILES string of the molecule is C=C(NC)c1cc2c(-c3c(Cl)cc(Cl)c4c3CCO4)nc(N)nc2s1.CCCNC(=O)c1cc2c(-c3c(Cl)cc(Cl)c4c3CCO4)nc(N)nc2s1.Cc1c[nH]c2c(-c3c(Cl)cc(Cl)c4c3CCO4)nc(N)nc12.Nc1nc(-c2c(Cl)cc(Cl)c3c2CCO3)c2cc(C(=O)NCCN3CCCC3)sc2n1. The minimum atomic E-state index is -0.139. The first-order chi connectivity index (χ1) is 50.5. The van der Waals surface area contributed by atoms with Gasteiger partial charge in [-0.25, -0.2) is 39.9 Å². The van der Waals surface area contributed by atoms with Gasteiger partial charge in [-0.05, 0) is 87.3 Å². The summed E-state index contributed by atoms with van der Waals surface area (Å²) in [5.41, 5.74) is 36.5. The minimum Gasteiger partial charge on any atom is -0.491 e. The number of amides is 2. The normalized spacial score (nSPS) is 13.9. The fraction of sp³-hybridized carbons (Fsp3) is 0.268. The Balaban J connectivity index is 0.000000119. The van der Waals surface area contributed by atoms with Gasteiger partial charge >= 0.3 is 0 Å². The van der Waals surface area contributed by atoms with Crippen molar-refractivity contribution in [2.75, 3.05) is 89.1 Å². The quantitative estimate of drug-likeness (QED) is 0.0531. The zero-order chi connectivity index (χ0) is 73.8. The molecule has 5 aliphatic heterocycles. The van der Waals surface area contributed by atoms with Crippen LogP contribution in [0, 0.1) is 6.92 Å². The highest BCUT2D eigenvalue weighted by molar-refractivity contribution is 7.21. The number of ether oxygens (including phenoxy) is 4. The van der Waals surface area contributed by atoms with E-state index in [1.165, 1.54) is 46.9 Å². The average Bonchev–Trinajstić information content (AvgIpc) is 1.69. The van der Waals surface area contributed by atoms with Crippen LogP contribution in [-0.4, -0.2) is 128 Å². The molecule has 5 aliphatic rings. The van der Waals surface area contributed by atoms with Gasteiger partial charge in [-0.3, -0.25) is 9.59 Å². The Hall–Kier alpha value is -8.22. The number of H-pyrrole nitrogens is 1. The number of carbonyl (C=O) groups excluding carboxylic acids is 2. The molecule has 13 heterocycles. The number of hydrogen-bond acceptors (Lipinski definition) is 23. The zero-order valence-corrected chi connectivity index (χ0v) is 64.7. The number of fused-ring (bicyclic) bond motifs is 8. The van der Waals surface area contributed by atoms with Crippen LogP contribution in [-0.2, 0) is 25.7 Å². The van der Waals surface area contributed by atoms with Gasteiger partial charge in [-0.15, -0.1) is 34.0 Å². The second-order valence-corrected chi connectivity index (χ2v) is 31.0. The number of hydrogen-bond donors (Lipinski definition) is 8. The zero-order valence-electron chi connectivity index (χ0n) is 56.2. The van der Waals surface area contributed by atoms with E-state index in [9.17, 15) is 9.59 Å². The Labute approximate surface area is 652 Å². The van der Waals surface area contributed by atoms with Gasteiger partial charge in [-0.1, -0.05) is 106 Å². The Morgan fingerprint density at radius 3 is 1.25 bits per heavy atom. The van der Waals surface area contributed by atoms with Gasteiger partial charge in [0.1, 0.15) is 43.2 Å². The van der Waals surface area contributed by atoms with E-state index >= 15 is 0 Å². The molecule has 0 spiro atoms. The van der Waals surface area contributed by atoms with Crippen molar-refractivity contribution >= 4 is 210 Å². The molecule has 17 rings (SSSR count). The summed E-state index contributed by atoms with van der Waals surface area (Å²) in [7, 11) is 1.83. The molecule has 0 saturated carbocycles. The van der Waals surface area contributed by atoms with Crippen molar-refractivity contribution in [3.63, 3.8) is 0 Å². The van der Waals surface area contributed by atoms with Crippen LogP contribution in [0.2, 0.25) is 40.2 Å². The summed E-state index contributed by atoms with van der Waals surface area (Å²) in [4.78, 5) is 69.9. The van der Waals surface area contributed by atoms with E-state index in [0.717, 1.165) is 132 Å². The molecule has 2 amide bonds. The fourth-order valence-electron chi connectivity index (χ4n) is 13.2. The summed E-state index contributed by atoms with van der Waals surface area (Å²) in [5.74, 6) is 2.99. The number of benzene rings is 4. The van der Waals surface area contributed by atoms with E-state index in [2.05, 4.69) is 72.3 Å². The lowest BCUT2D eigenvalue weighted by Crippen LogP contribution is -2.33. The van der Waals surface area contributed by atoms with Crippen LogP contribution in [0.4, 0.5) is 23.8 Å². The number of halogens is 8. The number of anilines is 4.